The van der Waals surface area contributed by atoms with Gasteiger partial charge in [0.1, 0.15) is 5.82 Å². The molecule has 3 aromatic rings. The van der Waals surface area contributed by atoms with Crippen molar-refractivity contribution in [3.05, 3.63) is 53.4 Å². The second-order valence-electron chi connectivity index (χ2n) is 6.46. The summed E-state index contributed by atoms with van der Waals surface area (Å²) in [6.07, 6.45) is 6.70. The standard InChI is InChI=1S/C19H23N5O/c1-12-4-5-16-19(14(12)3)24-17(23-16)6-7-18(25)22-13(2)10-15-11-20-8-9-21-15/h4-5,8-9,11,13H,6-7,10H2,1-3H3,(H,22,25)(H,23,24). The van der Waals surface area contributed by atoms with Crippen LogP contribution in [-0.2, 0) is 17.6 Å². The molecule has 25 heavy (non-hydrogen) atoms. The van der Waals surface area contributed by atoms with Crippen LogP contribution in [0.4, 0.5) is 0 Å². The second kappa shape index (κ2) is 7.42. The van der Waals surface area contributed by atoms with Crippen LogP contribution in [0.25, 0.3) is 11.0 Å². The highest BCUT2D eigenvalue weighted by atomic mass is 16.1. The Hall–Kier alpha value is -2.76. The van der Waals surface area contributed by atoms with Crippen LogP contribution in [0.5, 0.6) is 0 Å². The molecule has 0 bridgehead atoms. The van der Waals surface area contributed by atoms with Crippen molar-refractivity contribution in [1.82, 2.24) is 25.3 Å². The Kier molecular flexibility index (Phi) is 5.07. The van der Waals surface area contributed by atoms with Gasteiger partial charge in [0.2, 0.25) is 5.91 Å². The molecule has 0 fully saturated rings. The first-order valence-electron chi connectivity index (χ1n) is 8.52. The number of carbonyl (C=O) groups excluding carboxylic acids is 1. The minimum absolute atomic E-state index is 0.0183. The SMILES string of the molecule is Cc1ccc2[nH]c(CCC(=O)NC(C)Cc3cnccn3)nc2c1C. The van der Waals surface area contributed by atoms with Gasteiger partial charge in [0.05, 0.1) is 16.7 Å². The molecule has 2 N–H and O–H groups in total. The molecule has 2 aromatic heterocycles. The van der Waals surface area contributed by atoms with Crippen molar-refractivity contribution < 1.29 is 4.79 Å². The third-order valence-electron chi connectivity index (χ3n) is 4.36. The van der Waals surface area contributed by atoms with E-state index in [0.29, 0.717) is 19.3 Å². The van der Waals surface area contributed by atoms with Crippen molar-refractivity contribution in [2.45, 2.75) is 46.1 Å². The van der Waals surface area contributed by atoms with Gasteiger partial charge in [-0.25, -0.2) is 4.98 Å². The van der Waals surface area contributed by atoms with E-state index < -0.39 is 0 Å². The summed E-state index contributed by atoms with van der Waals surface area (Å²) in [7, 11) is 0. The van der Waals surface area contributed by atoms with E-state index in [0.717, 1.165) is 22.6 Å². The Bertz CT molecular complexity index is 872. The number of imidazole rings is 1. The highest BCUT2D eigenvalue weighted by Crippen LogP contribution is 2.19. The fourth-order valence-corrected chi connectivity index (χ4v) is 2.86. The van der Waals surface area contributed by atoms with Crippen molar-refractivity contribution in [2.75, 3.05) is 0 Å². The molecule has 0 aliphatic rings. The number of aromatic amines is 1. The zero-order valence-electron chi connectivity index (χ0n) is 14.8. The van der Waals surface area contributed by atoms with E-state index in [9.17, 15) is 4.79 Å². The van der Waals surface area contributed by atoms with E-state index in [1.54, 1.807) is 18.6 Å². The number of amides is 1. The summed E-state index contributed by atoms with van der Waals surface area (Å²) in [5, 5.41) is 3.00. The maximum atomic E-state index is 12.2. The largest absolute Gasteiger partial charge is 0.353 e. The average Bonchev–Trinajstić information content (AvgIpc) is 3.01. The molecule has 6 heteroatoms. The number of nitrogens with one attached hydrogen (secondary N) is 2. The third kappa shape index (κ3) is 4.21. The number of aryl methyl sites for hydroxylation is 3. The van der Waals surface area contributed by atoms with Crippen LogP contribution in [0.2, 0.25) is 0 Å². The molecular weight excluding hydrogens is 314 g/mol. The van der Waals surface area contributed by atoms with Crippen LogP contribution in [0.3, 0.4) is 0 Å². The third-order valence-corrected chi connectivity index (χ3v) is 4.36. The molecule has 0 saturated heterocycles. The number of benzene rings is 1. The van der Waals surface area contributed by atoms with E-state index in [1.165, 1.54) is 11.1 Å². The molecular formula is C19H23N5O. The molecule has 0 aliphatic heterocycles. The molecule has 1 unspecified atom stereocenters. The summed E-state index contributed by atoms with van der Waals surface area (Å²) in [5.41, 5.74) is 5.29. The summed E-state index contributed by atoms with van der Waals surface area (Å²) >= 11 is 0. The van der Waals surface area contributed by atoms with Crippen LogP contribution in [0.1, 0.15) is 36.0 Å². The maximum absolute atomic E-state index is 12.2. The number of fused-ring (bicyclic) bond motifs is 1. The monoisotopic (exact) mass is 337 g/mol. The quantitative estimate of drug-likeness (QED) is 0.724. The molecule has 3 rings (SSSR count). The topological polar surface area (TPSA) is 83.6 Å². The molecule has 130 valence electrons. The number of H-pyrrole nitrogens is 1. The van der Waals surface area contributed by atoms with Crippen molar-refractivity contribution in [2.24, 2.45) is 0 Å². The fraction of sp³-hybridized carbons (Fsp3) is 0.368. The van der Waals surface area contributed by atoms with Gasteiger partial charge in [-0.15, -0.1) is 0 Å². The fourth-order valence-electron chi connectivity index (χ4n) is 2.86. The Morgan fingerprint density at radius 3 is 2.88 bits per heavy atom. The van der Waals surface area contributed by atoms with E-state index in [-0.39, 0.29) is 11.9 Å². The smallest absolute Gasteiger partial charge is 0.220 e. The Labute approximate surface area is 147 Å². The lowest BCUT2D eigenvalue weighted by atomic mass is 10.1. The normalized spacial score (nSPS) is 12.3. The zero-order valence-corrected chi connectivity index (χ0v) is 14.8. The lowest BCUT2D eigenvalue weighted by molar-refractivity contribution is -0.121. The minimum atomic E-state index is 0.0183. The molecule has 1 aromatic carbocycles. The van der Waals surface area contributed by atoms with Crippen molar-refractivity contribution >= 4 is 16.9 Å². The Balaban J connectivity index is 1.54. The Morgan fingerprint density at radius 2 is 2.12 bits per heavy atom. The molecule has 0 saturated carbocycles. The van der Waals surface area contributed by atoms with E-state index in [2.05, 4.69) is 45.2 Å². The molecule has 6 nitrogen and oxygen atoms in total. The van der Waals surface area contributed by atoms with Gasteiger partial charge in [-0.3, -0.25) is 14.8 Å². The number of hydrogen-bond donors (Lipinski definition) is 2. The van der Waals surface area contributed by atoms with Gasteiger partial charge in [-0.2, -0.15) is 0 Å². The summed E-state index contributed by atoms with van der Waals surface area (Å²) in [6, 6.07) is 4.14. The van der Waals surface area contributed by atoms with Gasteiger partial charge in [0, 0.05) is 43.9 Å². The van der Waals surface area contributed by atoms with E-state index in [4.69, 9.17) is 0 Å². The van der Waals surface area contributed by atoms with E-state index >= 15 is 0 Å². The lowest BCUT2D eigenvalue weighted by Gasteiger charge is -2.12. The number of aromatic nitrogens is 4. The van der Waals surface area contributed by atoms with Crippen molar-refractivity contribution in [1.29, 1.82) is 0 Å². The van der Waals surface area contributed by atoms with Crippen LogP contribution in [0.15, 0.2) is 30.7 Å². The number of carbonyl (C=O) groups is 1. The van der Waals surface area contributed by atoms with E-state index in [1.807, 2.05) is 13.0 Å². The Morgan fingerprint density at radius 1 is 1.28 bits per heavy atom. The van der Waals surface area contributed by atoms with Gasteiger partial charge in [0.25, 0.3) is 0 Å². The van der Waals surface area contributed by atoms with Crippen molar-refractivity contribution in [3.63, 3.8) is 0 Å². The van der Waals surface area contributed by atoms with Crippen LogP contribution in [-0.4, -0.2) is 31.9 Å². The number of rotatable bonds is 6. The van der Waals surface area contributed by atoms with Crippen LogP contribution < -0.4 is 5.32 Å². The summed E-state index contributed by atoms with van der Waals surface area (Å²) in [6.45, 7) is 6.12. The van der Waals surface area contributed by atoms with Gasteiger partial charge < -0.3 is 10.3 Å². The molecule has 0 spiro atoms. The van der Waals surface area contributed by atoms with Gasteiger partial charge in [0.15, 0.2) is 0 Å². The first kappa shape index (κ1) is 17.1. The zero-order chi connectivity index (χ0) is 17.8. The summed E-state index contributed by atoms with van der Waals surface area (Å²) in [4.78, 5) is 28.4. The van der Waals surface area contributed by atoms with Crippen LogP contribution in [0, 0.1) is 13.8 Å². The number of hydrogen-bond acceptors (Lipinski definition) is 4. The predicted molar refractivity (Wildman–Crippen MR) is 97.2 cm³/mol. The van der Waals surface area contributed by atoms with Crippen LogP contribution >= 0.6 is 0 Å². The summed E-state index contributed by atoms with van der Waals surface area (Å²) < 4.78 is 0. The lowest BCUT2D eigenvalue weighted by Crippen LogP contribution is -2.34. The van der Waals surface area contributed by atoms with Gasteiger partial charge in [-0.1, -0.05) is 6.07 Å². The summed E-state index contributed by atoms with van der Waals surface area (Å²) in [5.74, 6) is 0.866. The minimum Gasteiger partial charge on any atom is -0.353 e. The maximum Gasteiger partial charge on any atom is 0.220 e. The van der Waals surface area contributed by atoms with Gasteiger partial charge in [-0.05, 0) is 38.0 Å². The van der Waals surface area contributed by atoms with Crippen molar-refractivity contribution in [3.8, 4) is 0 Å². The van der Waals surface area contributed by atoms with Gasteiger partial charge >= 0.3 is 0 Å². The molecule has 0 radical (unpaired) electrons. The number of nitrogens with zero attached hydrogens (tertiary/aromatic N) is 3. The predicted octanol–water partition coefficient (Wildman–Crippen LogP) is 2.65. The molecule has 2 heterocycles. The first-order valence-corrected chi connectivity index (χ1v) is 8.52. The average molecular weight is 337 g/mol. The second-order valence-corrected chi connectivity index (χ2v) is 6.46. The molecule has 1 atom stereocenters. The molecule has 0 aliphatic carbocycles. The first-order chi connectivity index (χ1) is 12.0. The molecule has 1 amide bonds. The highest BCUT2D eigenvalue weighted by Gasteiger charge is 2.11. The highest BCUT2D eigenvalue weighted by molar-refractivity contribution is 5.80.